The lowest BCUT2D eigenvalue weighted by molar-refractivity contribution is -0.138. The van der Waals surface area contributed by atoms with Gasteiger partial charge in [-0.15, -0.1) is 0 Å². The number of anilines is 3. The van der Waals surface area contributed by atoms with Crippen LogP contribution in [0.5, 0.6) is 0 Å². The summed E-state index contributed by atoms with van der Waals surface area (Å²) in [5.41, 5.74) is 7.71. The van der Waals surface area contributed by atoms with Crippen molar-refractivity contribution in [3.05, 3.63) is 47.7 Å². The zero-order chi connectivity index (χ0) is 31.4. The summed E-state index contributed by atoms with van der Waals surface area (Å²) < 4.78 is 0. The molecule has 1 aromatic heterocycles. The number of imide groups is 2. The third kappa shape index (κ3) is 5.13. The lowest BCUT2D eigenvalue weighted by atomic mass is 10.0. The van der Waals surface area contributed by atoms with Gasteiger partial charge in [-0.05, 0) is 37.1 Å². The van der Waals surface area contributed by atoms with E-state index in [1.165, 1.54) is 0 Å². The minimum atomic E-state index is -1.03. The van der Waals surface area contributed by atoms with Crippen LogP contribution in [0.3, 0.4) is 0 Å². The molecule has 45 heavy (non-hydrogen) atoms. The molecule has 1 aliphatic carbocycles. The molecule has 2 aromatic rings. The lowest BCUT2D eigenvalue weighted by Gasteiger charge is -2.37. The molecule has 3 unspecified atom stereocenters. The van der Waals surface area contributed by atoms with Crippen LogP contribution < -0.4 is 20.9 Å². The number of rotatable bonds is 5. The van der Waals surface area contributed by atoms with Crippen molar-refractivity contribution in [2.75, 3.05) is 67.9 Å². The van der Waals surface area contributed by atoms with Crippen molar-refractivity contribution in [3.8, 4) is 0 Å². The van der Waals surface area contributed by atoms with Gasteiger partial charge in [0.2, 0.25) is 23.6 Å². The van der Waals surface area contributed by atoms with E-state index in [0.29, 0.717) is 70.3 Å². The number of nitrogens with one attached hydrogen (secondary N) is 1. The van der Waals surface area contributed by atoms with E-state index in [0.717, 1.165) is 10.6 Å². The SMILES string of the molecule is Nc1ccc(N2CCN(C(=O)C3CC3C(=O)N3CCN(c4cccc5c4C(=O)N(C4CCC(=O)NC4=O)C5=O)CC3)CC2)cn1. The van der Waals surface area contributed by atoms with Gasteiger partial charge in [0.25, 0.3) is 11.8 Å². The molecule has 234 valence electrons. The first-order chi connectivity index (χ1) is 21.7. The van der Waals surface area contributed by atoms with Gasteiger partial charge >= 0.3 is 0 Å². The van der Waals surface area contributed by atoms with Crippen molar-refractivity contribution < 1.29 is 28.8 Å². The van der Waals surface area contributed by atoms with Gasteiger partial charge in [0.15, 0.2) is 0 Å². The molecule has 4 fully saturated rings. The summed E-state index contributed by atoms with van der Waals surface area (Å²) in [4.78, 5) is 90.3. The van der Waals surface area contributed by atoms with Crippen LogP contribution in [-0.2, 0) is 19.2 Å². The summed E-state index contributed by atoms with van der Waals surface area (Å²) in [6.45, 7) is 4.30. The Morgan fingerprint density at radius 1 is 0.800 bits per heavy atom. The smallest absolute Gasteiger partial charge is 0.264 e. The molecule has 0 radical (unpaired) electrons. The highest BCUT2D eigenvalue weighted by Gasteiger charge is 2.51. The fraction of sp³-hybridized carbons (Fsp3) is 0.452. The summed E-state index contributed by atoms with van der Waals surface area (Å²) in [6, 6.07) is 7.71. The van der Waals surface area contributed by atoms with E-state index in [2.05, 4.69) is 15.2 Å². The van der Waals surface area contributed by atoms with Gasteiger partial charge in [0, 0.05) is 58.8 Å². The number of aromatic nitrogens is 1. The first kappa shape index (κ1) is 28.7. The lowest BCUT2D eigenvalue weighted by Crippen LogP contribution is -2.54. The van der Waals surface area contributed by atoms with Crippen LogP contribution >= 0.6 is 0 Å². The normalized spacial score (nSPS) is 25.0. The molecule has 0 bridgehead atoms. The van der Waals surface area contributed by atoms with Gasteiger partial charge in [0.1, 0.15) is 11.9 Å². The van der Waals surface area contributed by atoms with Crippen LogP contribution in [0.4, 0.5) is 17.2 Å². The van der Waals surface area contributed by atoms with Crippen LogP contribution in [-0.4, -0.2) is 114 Å². The Morgan fingerprint density at radius 2 is 1.44 bits per heavy atom. The molecule has 0 spiro atoms. The van der Waals surface area contributed by atoms with Gasteiger partial charge in [0.05, 0.1) is 40.5 Å². The molecule has 14 nitrogen and oxygen atoms in total. The maximum absolute atomic E-state index is 13.5. The van der Waals surface area contributed by atoms with Crippen molar-refractivity contribution in [1.82, 2.24) is 25.0 Å². The Kier molecular flexibility index (Phi) is 7.13. The number of nitrogens with two attached hydrogens (primary N) is 1. The summed E-state index contributed by atoms with van der Waals surface area (Å²) in [6.07, 6.45) is 2.44. The summed E-state index contributed by atoms with van der Waals surface area (Å²) >= 11 is 0. The van der Waals surface area contributed by atoms with Gasteiger partial charge in [-0.1, -0.05) is 6.07 Å². The number of hydrogen-bond donors (Lipinski definition) is 2. The molecule has 4 aliphatic heterocycles. The first-order valence-electron chi connectivity index (χ1n) is 15.3. The number of fused-ring (bicyclic) bond motifs is 1. The third-order valence-corrected chi connectivity index (χ3v) is 9.53. The van der Waals surface area contributed by atoms with E-state index < -0.39 is 29.7 Å². The number of carbonyl (C=O) groups excluding carboxylic acids is 6. The van der Waals surface area contributed by atoms with Crippen molar-refractivity contribution in [1.29, 1.82) is 0 Å². The first-order valence-corrected chi connectivity index (χ1v) is 15.3. The number of amides is 6. The van der Waals surface area contributed by atoms with Crippen molar-refractivity contribution >= 4 is 52.6 Å². The summed E-state index contributed by atoms with van der Waals surface area (Å²) in [5, 5.41) is 2.22. The second kappa shape index (κ2) is 11.2. The highest BCUT2D eigenvalue weighted by atomic mass is 16.2. The Bertz CT molecular complexity index is 1600. The molecule has 6 amide bonds. The van der Waals surface area contributed by atoms with Crippen LogP contribution in [0, 0.1) is 11.8 Å². The number of nitrogen functional groups attached to an aromatic ring is 1. The zero-order valence-corrected chi connectivity index (χ0v) is 24.7. The number of piperazine rings is 2. The molecule has 7 rings (SSSR count). The quantitative estimate of drug-likeness (QED) is 0.427. The average molecular weight is 615 g/mol. The van der Waals surface area contributed by atoms with E-state index in [-0.39, 0.29) is 47.6 Å². The van der Waals surface area contributed by atoms with E-state index in [1.807, 2.05) is 15.9 Å². The van der Waals surface area contributed by atoms with Gasteiger partial charge in [-0.25, -0.2) is 4.98 Å². The molecule has 3 N–H and O–H groups in total. The predicted octanol–water partition coefficient (Wildman–Crippen LogP) is -0.301. The molecular formula is C31H34N8O6. The summed E-state index contributed by atoms with van der Waals surface area (Å²) in [5.74, 6) is -2.30. The number of carbonyl (C=O) groups is 6. The molecule has 3 saturated heterocycles. The van der Waals surface area contributed by atoms with E-state index >= 15 is 0 Å². The number of benzene rings is 1. The van der Waals surface area contributed by atoms with E-state index in [9.17, 15) is 28.8 Å². The minimum absolute atomic E-state index is 0.0202. The highest BCUT2D eigenvalue weighted by molar-refractivity contribution is 6.25. The van der Waals surface area contributed by atoms with E-state index in [4.69, 9.17) is 5.73 Å². The standard InChI is InChI=1S/C31H34N8O6/c32-24-6-4-18(17-33-24)35-8-12-37(13-9-35)28(42)20-16-21(20)29(43)38-14-10-36(11-15-38)22-3-1-2-19-26(22)31(45)39(30(19)44)23-5-7-25(40)34-27(23)41/h1-4,6,17,20-21,23H,5,7-16H2,(H2,32,33)(H,34,40,41). The second-order valence-corrected chi connectivity index (χ2v) is 12.2. The molecule has 1 saturated carbocycles. The molecular weight excluding hydrogens is 580 g/mol. The predicted molar refractivity (Wildman–Crippen MR) is 161 cm³/mol. The van der Waals surface area contributed by atoms with Crippen molar-refractivity contribution in [2.45, 2.75) is 25.3 Å². The van der Waals surface area contributed by atoms with Crippen LogP contribution in [0.15, 0.2) is 36.5 Å². The maximum atomic E-state index is 13.5. The molecule has 5 heterocycles. The Labute approximate surface area is 259 Å². The zero-order valence-electron chi connectivity index (χ0n) is 24.7. The highest BCUT2D eigenvalue weighted by Crippen LogP contribution is 2.42. The fourth-order valence-corrected chi connectivity index (χ4v) is 6.91. The van der Waals surface area contributed by atoms with Crippen LogP contribution in [0.25, 0.3) is 0 Å². The van der Waals surface area contributed by atoms with Crippen LogP contribution in [0.1, 0.15) is 40.0 Å². The Morgan fingerprint density at radius 3 is 2.04 bits per heavy atom. The Hall–Kier alpha value is -5.01. The van der Waals surface area contributed by atoms with Gasteiger partial charge in [-0.3, -0.25) is 39.0 Å². The monoisotopic (exact) mass is 614 g/mol. The van der Waals surface area contributed by atoms with Gasteiger partial charge in [-0.2, -0.15) is 0 Å². The van der Waals surface area contributed by atoms with Gasteiger partial charge < -0.3 is 25.3 Å². The molecule has 14 heteroatoms. The molecule has 1 aromatic carbocycles. The summed E-state index contributed by atoms with van der Waals surface area (Å²) in [7, 11) is 0. The Balaban J connectivity index is 0.938. The second-order valence-electron chi connectivity index (χ2n) is 12.2. The van der Waals surface area contributed by atoms with Crippen molar-refractivity contribution in [2.24, 2.45) is 11.8 Å². The topological polar surface area (TPSA) is 170 Å². The average Bonchev–Trinajstić information content (AvgIpc) is 3.82. The largest absolute Gasteiger partial charge is 0.384 e. The van der Waals surface area contributed by atoms with Crippen LogP contribution in [0.2, 0.25) is 0 Å². The number of hydrogen-bond acceptors (Lipinski definition) is 10. The minimum Gasteiger partial charge on any atom is -0.384 e. The number of piperidine rings is 1. The number of nitrogens with zero attached hydrogens (tertiary/aromatic N) is 6. The van der Waals surface area contributed by atoms with E-state index in [1.54, 1.807) is 35.4 Å². The fourth-order valence-electron chi connectivity index (χ4n) is 6.91. The molecule has 5 aliphatic rings. The maximum Gasteiger partial charge on any atom is 0.264 e. The number of pyridine rings is 1. The van der Waals surface area contributed by atoms with Crippen molar-refractivity contribution in [3.63, 3.8) is 0 Å². The molecule has 3 atom stereocenters. The third-order valence-electron chi connectivity index (χ3n) is 9.53.